The molecule has 0 aliphatic rings. The van der Waals surface area contributed by atoms with Gasteiger partial charge in [0.05, 0.1) is 18.0 Å². The Labute approximate surface area is 146 Å². The Morgan fingerprint density at radius 2 is 1.71 bits per heavy atom. The van der Waals surface area contributed by atoms with Crippen LogP contribution in [0, 0.1) is 0 Å². The van der Waals surface area contributed by atoms with E-state index in [0.29, 0.717) is 5.02 Å². The Bertz CT molecular complexity index is 934. The van der Waals surface area contributed by atoms with Crippen LogP contribution in [0.2, 0.25) is 5.02 Å². The molecule has 0 saturated heterocycles. The maximum Gasteiger partial charge on any atom is 0.136 e. The number of rotatable bonds is 2. The number of benzene rings is 2. The summed E-state index contributed by atoms with van der Waals surface area (Å²) >= 11 is 6.15. The molecule has 0 saturated carbocycles. The summed E-state index contributed by atoms with van der Waals surface area (Å²) in [6.45, 7) is 6.21. The number of hydrogen-bond acceptors (Lipinski definition) is 3. The monoisotopic (exact) mass is 341 g/mol. The van der Waals surface area contributed by atoms with Gasteiger partial charge in [-0.1, -0.05) is 11.6 Å². The SMILES string of the molecule is COc1ccc(-c2cc(=NC(C)(C)C)c3cc(Cl)ccc3o2)cc1. The molecule has 0 atom stereocenters. The van der Waals surface area contributed by atoms with Gasteiger partial charge in [0.2, 0.25) is 0 Å². The predicted molar refractivity (Wildman–Crippen MR) is 98.5 cm³/mol. The smallest absolute Gasteiger partial charge is 0.136 e. The molecule has 0 aliphatic heterocycles. The van der Waals surface area contributed by atoms with E-state index in [-0.39, 0.29) is 5.54 Å². The van der Waals surface area contributed by atoms with Gasteiger partial charge in [-0.05, 0) is 63.2 Å². The zero-order valence-corrected chi connectivity index (χ0v) is 15.0. The van der Waals surface area contributed by atoms with Crippen LogP contribution in [0.1, 0.15) is 20.8 Å². The van der Waals surface area contributed by atoms with Gasteiger partial charge in [-0.15, -0.1) is 0 Å². The van der Waals surface area contributed by atoms with Gasteiger partial charge in [-0.25, -0.2) is 0 Å². The van der Waals surface area contributed by atoms with Crippen LogP contribution < -0.4 is 10.1 Å². The van der Waals surface area contributed by atoms with Crippen molar-refractivity contribution in [3.63, 3.8) is 0 Å². The van der Waals surface area contributed by atoms with E-state index >= 15 is 0 Å². The molecule has 0 fully saturated rings. The minimum Gasteiger partial charge on any atom is -0.497 e. The zero-order valence-electron chi connectivity index (χ0n) is 14.3. The molecule has 0 N–H and O–H groups in total. The van der Waals surface area contributed by atoms with Crippen molar-refractivity contribution in [3.8, 4) is 17.1 Å². The zero-order chi connectivity index (χ0) is 17.3. The van der Waals surface area contributed by atoms with Crippen LogP contribution in [0.25, 0.3) is 22.3 Å². The summed E-state index contributed by atoms with van der Waals surface area (Å²) in [6.07, 6.45) is 0. The Morgan fingerprint density at radius 3 is 2.33 bits per heavy atom. The highest BCUT2D eigenvalue weighted by molar-refractivity contribution is 6.31. The Morgan fingerprint density at radius 1 is 1.00 bits per heavy atom. The fourth-order valence-corrected chi connectivity index (χ4v) is 2.66. The number of ether oxygens (including phenoxy) is 1. The van der Waals surface area contributed by atoms with Crippen LogP contribution in [0.4, 0.5) is 0 Å². The average Bonchev–Trinajstić information content (AvgIpc) is 2.54. The van der Waals surface area contributed by atoms with Gasteiger partial charge in [0.25, 0.3) is 0 Å². The third-order valence-corrected chi connectivity index (χ3v) is 3.77. The maximum absolute atomic E-state index is 6.15. The van der Waals surface area contributed by atoms with Gasteiger partial charge in [0.15, 0.2) is 0 Å². The van der Waals surface area contributed by atoms with Gasteiger partial charge in [0, 0.05) is 22.0 Å². The number of methoxy groups -OCH3 is 1. The van der Waals surface area contributed by atoms with Crippen molar-refractivity contribution >= 4 is 22.6 Å². The van der Waals surface area contributed by atoms with Gasteiger partial charge < -0.3 is 9.15 Å². The van der Waals surface area contributed by atoms with Crippen molar-refractivity contribution in [2.75, 3.05) is 7.11 Å². The molecule has 3 aromatic rings. The molecule has 0 bridgehead atoms. The van der Waals surface area contributed by atoms with E-state index in [2.05, 4.69) is 20.8 Å². The highest BCUT2D eigenvalue weighted by Gasteiger charge is 2.11. The first-order valence-corrected chi connectivity index (χ1v) is 8.17. The summed E-state index contributed by atoms with van der Waals surface area (Å²) in [6, 6.07) is 15.3. The lowest BCUT2D eigenvalue weighted by atomic mass is 10.1. The molecule has 3 rings (SSSR count). The van der Waals surface area contributed by atoms with Crippen molar-refractivity contribution in [2.24, 2.45) is 4.99 Å². The van der Waals surface area contributed by atoms with Crippen molar-refractivity contribution in [2.45, 2.75) is 26.3 Å². The third kappa shape index (κ3) is 3.62. The number of fused-ring (bicyclic) bond motifs is 1. The van der Waals surface area contributed by atoms with Crippen LogP contribution in [-0.2, 0) is 0 Å². The Kier molecular flexibility index (Phi) is 4.37. The van der Waals surface area contributed by atoms with E-state index in [1.807, 2.05) is 48.5 Å². The molecule has 0 aliphatic carbocycles. The van der Waals surface area contributed by atoms with E-state index in [9.17, 15) is 0 Å². The average molecular weight is 342 g/mol. The number of nitrogens with zero attached hydrogens (tertiary/aromatic N) is 1. The van der Waals surface area contributed by atoms with Crippen molar-refractivity contribution < 1.29 is 9.15 Å². The largest absolute Gasteiger partial charge is 0.497 e. The second-order valence-corrected chi connectivity index (χ2v) is 7.08. The Hall–Kier alpha value is -2.26. The highest BCUT2D eigenvalue weighted by Crippen LogP contribution is 2.26. The van der Waals surface area contributed by atoms with Crippen molar-refractivity contribution in [1.82, 2.24) is 0 Å². The molecular weight excluding hydrogens is 322 g/mol. The summed E-state index contributed by atoms with van der Waals surface area (Å²) in [5.41, 5.74) is 1.53. The lowest BCUT2D eigenvalue weighted by Gasteiger charge is -2.13. The Balaban J connectivity index is 2.26. The molecule has 0 radical (unpaired) electrons. The highest BCUT2D eigenvalue weighted by atomic mass is 35.5. The molecule has 24 heavy (non-hydrogen) atoms. The summed E-state index contributed by atoms with van der Waals surface area (Å²) in [5.74, 6) is 1.57. The van der Waals surface area contributed by atoms with Gasteiger partial charge in [-0.3, -0.25) is 4.99 Å². The topological polar surface area (TPSA) is 34.7 Å². The maximum atomic E-state index is 6.15. The molecule has 0 amide bonds. The summed E-state index contributed by atoms with van der Waals surface area (Å²) in [4.78, 5) is 4.84. The summed E-state index contributed by atoms with van der Waals surface area (Å²) in [7, 11) is 1.65. The molecule has 1 aromatic heterocycles. The third-order valence-electron chi connectivity index (χ3n) is 3.54. The number of hydrogen-bond donors (Lipinski definition) is 0. The van der Waals surface area contributed by atoms with Gasteiger partial charge in [-0.2, -0.15) is 0 Å². The summed E-state index contributed by atoms with van der Waals surface area (Å²) < 4.78 is 11.3. The molecule has 2 aromatic carbocycles. The molecule has 1 heterocycles. The summed E-state index contributed by atoms with van der Waals surface area (Å²) in [5, 5.41) is 2.45. The van der Waals surface area contributed by atoms with Crippen LogP contribution in [0.3, 0.4) is 0 Å². The van der Waals surface area contributed by atoms with Crippen LogP contribution >= 0.6 is 11.6 Å². The van der Waals surface area contributed by atoms with Crippen LogP contribution in [0.5, 0.6) is 5.75 Å². The molecule has 124 valence electrons. The van der Waals surface area contributed by atoms with Gasteiger partial charge >= 0.3 is 0 Å². The first-order valence-electron chi connectivity index (χ1n) is 7.79. The van der Waals surface area contributed by atoms with Crippen molar-refractivity contribution in [3.05, 3.63) is 58.9 Å². The van der Waals surface area contributed by atoms with E-state index in [1.165, 1.54) is 0 Å². The first-order chi connectivity index (χ1) is 11.4. The number of halogens is 1. The second-order valence-electron chi connectivity index (χ2n) is 6.65. The van der Waals surface area contributed by atoms with Gasteiger partial charge in [0.1, 0.15) is 17.1 Å². The van der Waals surface area contributed by atoms with Crippen LogP contribution in [-0.4, -0.2) is 12.6 Å². The fourth-order valence-electron chi connectivity index (χ4n) is 2.49. The normalized spacial score (nSPS) is 12.6. The second kappa shape index (κ2) is 6.33. The molecule has 3 nitrogen and oxygen atoms in total. The van der Waals surface area contributed by atoms with E-state index in [0.717, 1.165) is 33.4 Å². The predicted octanol–water partition coefficient (Wildman–Crippen LogP) is 5.46. The fraction of sp³-hybridized carbons (Fsp3) is 0.250. The standard InChI is InChI=1S/C20H20ClNO2/c1-20(2,3)22-17-12-19(13-5-8-15(23-4)9-6-13)24-18-10-7-14(21)11-16(17)18/h5-12H,1-4H3. The lowest BCUT2D eigenvalue weighted by Crippen LogP contribution is -2.17. The molecule has 4 heteroatoms. The quantitative estimate of drug-likeness (QED) is 0.620. The first kappa shape index (κ1) is 16.6. The van der Waals surface area contributed by atoms with Crippen LogP contribution in [0.15, 0.2) is 57.9 Å². The molecule has 0 unspecified atom stereocenters. The minimum atomic E-state index is -0.201. The van der Waals surface area contributed by atoms with E-state index in [4.69, 9.17) is 25.7 Å². The minimum absolute atomic E-state index is 0.201. The van der Waals surface area contributed by atoms with E-state index in [1.54, 1.807) is 7.11 Å². The van der Waals surface area contributed by atoms with Crippen molar-refractivity contribution in [1.29, 1.82) is 0 Å². The van der Waals surface area contributed by atoms with E-state index < -0.39 is 0 Å². The molecular formula is C20H20ClNO2. The molecule has 0 spiro atoms. The lowest BCUT2D eigenvalue weighted by molar-refractivity contribution is 0.415.